The Bertz CT molecular complexity index is 405. The largest absolute Gasteiger partial charge is 0.351 e. The predicted octanol–water partition coefficient (Wildman–Crippen LogP) is 3.33. The highest BCUT2D eigenvalue weighted by Crippen LogP contribution is 2.25. The molecular formula is C14H18ClNOS. The van der Waals surface area contributed by atoms with Crippen LogP contribution < -0.4 is 5.32 Å². The first kappa shape index (κ1) is 13.8. The van der Waals surface area contributed by atoms with Gasteiger partial charge < -0.3 is 5.32 Å². The van der Waals surface area contributed by atoms with Crippen molar-refractivity contribution in [3.8, 4) is 0 Å². The lowest BCUT2D eigenvalue weighted by Gasteiger charge is -2.20. The molecule has 1 heterocycles. The van der Waals surface area contributed by atoms with Crippen molar-refractivity contribution in [1.82, 2.24) is 5.32 Å². The third-order valence-electron chi connectivity index (χ3n) is 3.08. The molecule has 0 radical (unpaired) electrons. The van der Waals surface area contributed by atoms with E-state index in [1.54, 1.807) is 11.8 Å². The van der Waals surface area contributed by atoms with E-state index in [1.807, 2.05) is 24.3 Å². The average molecular weight is 284 g/mol. The number of halogens is 1. The number of alkyl halides is 1. The van der Waals surface area contributed by atoms with Crippen molar-refractivity contribution >= 4 is 29.3 Å². The summed E-state index contributed by atoms with van der Waals surface area (Å²) in [6.45, 7) is 0.598. The van der Waals surface area contributed by atoms with E-state index < -0.39 is 0 Å². The fraction of sp³-hybridized carbons (Fsp3) is 0.500. The molecule has 1 aliphatic heterocycles. The van der Waals surface area contributed by atoms with Crippen LogP contribution in [0.5, 0.6) is 0 Å². The molecule has 98 valence electrons. The van der Waals surface area contributed by atoms with Crippen molar-refractivity contribution in [3.05, 3.63) is 35.4 Å². The van der Waals surface area contributed by atoms with Gasteiger partial charge in [0.15, 0.2) is 0 Å². The Morgan fingerprint density at radius 3 is 2.94 bits per heavy atom. The maximum atomic E-state index is 12.0. The van der Waals surface area contributed by atoms with Gasteiger partial charge in [-0.3, -0.25) is 4.79 Å². The Morgan fingerprint density at radius 1 is 1.39 bits per heavy atom. The standard InChI is InChI=1S/C14H18ClNOS/c15-9-11-4-3-5-12(8-11)10-16-14(17)13-6-1-2-7-18-13/h3-5,8,13H,1-2,6-7,9-10H2,(H,16,17). The van der Waals surface area contributed by atoms with Gasteiger partial charge >= 0.3 is 0 Å². The lowest BCUT2D eigenvalue weighted by atomic mass is 10.1. The number of carbonyl (C=O) groups is 1. The van der Waals surface area contributed by atoms with Gasteiger partial charge in [-0.2, -0.15) is 0 Å². The van der Waals surface area contributed by atoms with Crippen molar-refractivity contribution in [1.29, 1.82) is 0 Å². The minimum Gasteiger partial charge on any atom is -0.351 e. The first-order chi connectivity index (χ1) is 8.79. The second-order valence-electron chi connectivity index (χ2n) is 4.53. The molecule has 1 fully saturated rings. The van der Waals surface area contributed by atoms with Gasteiger partial charge in [0.2, 0.25) is 5.91 Å². The quantitative estimate of drug-likeness (QED) is 0.859. The number of benzene rings is 1. The molecular weight excluding hydrogens is 266 g/mol. The molecule has 1 aromatic rings. The summed E-state index contributed by atoms with van der Waals surface area (Å²) in [5.74, 6) is 1.80. The number of hydrogen-bond donors (Lipinski definition) is 1. The lowest BCUT2D eigenvalue weighted by Crippen LogP contribution is -2.33. The van der Waals surface area contributed by atoms with E-state index >= 15 is 0 Å². The fourth-order valence-corrected chi connectivity index (χ4v) is 3.46. The number of hydrogen-bond acceptors (Lipinski definition) is 2. The fourth-order valence-electron chi connectivity index (χ4n) is 2.07. The number of rotatable bonds is 4. The number of thioether (sulfide) groups is 1. The molecule has 0 bridgehead atoms. The summed E-state index contributed by atoms with van der Waals surface area (Å²) in [4.78, 5) is 12.0. The number of nitrogens with one attached hydrogen (secondary N) is 1. The molecule has 1 atom stereocenters. The van der Waals surface area contributed by atoms with Crippen LogP contribution in [0.2, 0.25) is 0 Å². The molecule has 1 N–H and O–H groups in total. The highest BCUT2D eigenvalue weighted by atomic mass is 35.5. The van der Waals surface area contributed by atoms with Crippen LogP contribution in [0.4, 0.5) is 0 Å². The molecule has 0 aliphatic carbocycles. The summed E-state index contributed by atoms with van der Waals surface area (Å²) in [7, 11) is 0. The molecule has 0 saturated carbocycles. The van der Waals surface area contributed by atoms with Crippen molar-refractivity contribution in [2.24, 2.45) is 0 Å². The van der Waals surface area contributed by atoms with Crippen molar-refractivity contribution in [3.63, 3.8) is 0 Å². The van der Waals surface area contributed by atoms with Crippen LogP contribution in [0.25, 0.3) is 0 Å². The van der Waals surface area contributed by atoms with Crippen LogP contribution >= 0.6 is 23.4 Å². The van der Waals surface area contributed by atoms with Crippen molar-refractivity contribution in [2.75, 3.05) is 5.75 Å². The molecule has 0 spiro atoms. The Morgan fingerprint density at radius 2 is 2.22 bits per heavy atom. The highest BCUT2D eigenvalue weighted by molar-refractivity contribution is 8.00. The summed E-state index contributed by atoms with van der Waals surface area (Å²) in [6, 6.07) is 8.04. The molecule has 18 heavy (non-hydrogen) atoms. The first-order valence-electron chi connectivity index (χ1n) is 6.32. The normalized spacial score (nSPS) is 19.5. The summed E-state index contributed by atoms with van der Waals surface area (Å²) < 4.78 is 0. The zero-order valence-corrected chi connectivity index (χ0v) is 11.9. The first-order valence-corrected chi connectivity index (χ1v) is 7.91. The van der Waals surface area contributed by atoms with E-state index in [9.17, 15) is 4.79 Å². The Hall–Kier alpha value is -0.670. The third kappa shape index (κ3) is 3.92. The summed E-state index contributed by atoms with van der Waals surface area (Å²) in [5.41, 5.74) is 2.21. The molecule has 4 heteroatoms. The molecule has 1 unspecified atom stereocenters. The maximum Gasteiger partial charge on any atom is 0.233 e. The lowest BCUT2D eigenvalue weighted by molar-refractivity contribution is -0.120. The molecule has 1 saturated heterocycles. The van der Waals surface area contributed by atoms with E-state index in [4.69, 9.17) is 11.6 Å². The van der Waals surface area contributed by atoms with Crippen LogP contribution in [0.15, 0.2) is 24.3 Å². The van der Waals surface area contributed by atoms with Gasteiger partial charge in [0.1, 0.15) is 0 Å². The van der Waals surface area contributed by atoms with Crippen LogP contribution in [0.1, 0.15) is 30.4 Å². The molecule has 1 aromatic carbocycles. The summed E-state index contributed by atoms with van der Waals surface area (Å²) >= 11 is 7.57. The minimum atomic E-state index is 0.148. The molecule has 2 rings (SSSR count). The van der Waals surface area contributed by atoms with Gasteiger partial charge in [-0.05, 0) is 29.7 Å². The number of carbonyl (C=O) groups excluding carboxylic acids is 1. The number of amides is 1. The van der Waals surface area contributed by atoms with E-state index in [0.717, 1.165) is 23.3 Å². The van der Waals surface area contributed by atoms with E-state index in [0.29, 0.717) is 12.4 Å². The zero-order valence-electron chi connectivity index (χ0n) is 10.3. The molecule has 0 aromatic heterocycles. The third-order valence-corrected chi connectivity index (χ3v) is 4.77. The van der Waals surface area contributed by atoms with E-state index in [-0.39, 0.29) is 11.2 Å². The maximum absolute atomic E-state index is 12.0. The predicted molar refractivity (Wildman–Crippen MR) is 77.9 cm³/mol. The average Bonchev–Trinajstić information content (AvgIpc) is 2.46. The minimum absolute atomic E-state index is 0.148. The molecule has 2 nitrogen and oxygen atoms in total. The van der Waals surface area contributed by atoms with Crippen LogP contribution in [0.3, 0.4) is 0 Å². The van der Waals surface area contributed by atoms with E-state index in [2.05, 4.69) is 5.32 Å². The summed E-state index contributed by atoms with van der Waals surface area (Å²) in [6.07, 6.45) is 3.43. The van der Waals surface area contributed by atoms with Gasteiger partial charge in [0.05, 0.1) is 5.25 Å². The van der Waals surface area contributed by atoms with Gasteiger partial charge in [-0.25, -0.2) is 0 Å². The van der Waals surface area contributed by atoms with Crippen LogP contribution in [0, 0.1) is 0 Å². The highest BCUT2D eigenvalue weighted by Gasteiger charge is 2.21. The SMILES string of the molecule is O=C(NCc1cccc(CCl)c1)C1CCCCS1. The second kappa shape index (κ2) is 7.05. The van der Waals surface area contributed by atoms with Crippen molar-refractivity contribution in [2.45, 2.75) is 36.9 Å². The summed E-state index contributed by atoms with van der Waals surface area (Å²) in [5, 5.41) is 3.17. The van der Waals surface area contributed by atoms with Crippen LogP contribution in [-0.4, -0.2) is 16.9 Å². The van der Waals surface area contributed by atoms with E-state index in [1.165, 1.54) is 12.8 Å². The Balaban J connectivity index is 1.84. The smallest absolute Gasteiger partial charge is 0.233 e. The Labute approximate surface area is 117 Å². The van der Waals surface area contributed by atoms with Crippen molar-refractivity contribution < 1.29 is 4.79 Å². The second-order valence-corrected chi connectivity index (χ2v) is 6.10. The molecule has 1 amide bonds. The Kier molecular flexibility index (Phi) is 5.39. The van der Waals surface area contributed by atoms with Gasteiger partial charge in [-0.15, -0.1) is 23.4 Å². The van der Waals surface area contributed by atoms with Crippen LogP contribution in [-0.2, 0) is 17.2 Å². The van der Waals surface area contributed by atoms with Gasteiger partial charge in [0.25, 0.3) is 0 Å². The van der Waals surface area contributed by atoms with Gasteiger partial charge in [-0.1, -0.05) is 30.7 Å². The molecule has 1 aliphatic rings. The topological polar surface area (TPSA) is 29.1 Å². The monoisotopic (exact) mass is 283 g/mol. The van der Waals surface area contributed by atoms with Gasteiger partial charge in [0, 0.05) is 12.4 Å². The zero-order chi connectivity index (χ0) is 12.8.